The lowest BCUT2D eigenvalue weighted by Crippen LogP contribution is -2.47. The third kappa shape index (κ3) is 2.73. The zero-order chi connectivity index (χ0) is 14.2. The van der Waals surface area contributed by atoms with Crippen molar-refractivity contribution in [1.29, 1.82) is 0 Å². The molecule has 1 aromatic rings. The van der Waals surface area contributed by atoms with Crippen molar-refractivity contribution in [2.75, 3.05) is 24.5 Å². The first-order valence-corrected chi connectivity index (χ1v) is 8.43. The Kier molecular flexibility index (Phi) is 3.49. The van der Waals surface area contributed by atoms with Crippen LogP contribution < -0.4 is 10.2 Å². The van der Waals surface area contributed by atoms with Gasteiger partial charge in [-0.2, -0.15) is 5.10 Å². The van der Waals surface area contributed by atoms with Crippen molar-refractivity contribution in [3.05, 3.63) is 24.5 Å². The number of anilines is 1. The molecule has 0 radical (unpaired) electrons. The van der Waals surface area contributed by atoms with E-state index in [1.54, 1.807) is 0 Å². The summed E-state index contributed by atoms with van der Waals surface area (Å²) in [5.74, 6) is 2.63. The maximum atomic E-state index is 4.30. The number of allylic oxidation sites excluding steroid dienone is 2. The van der Waals surface area contributed by atoms with E-state index in [0.717, 1.165) is 24.3 Å². The molecule has 4 atom stereocenters. The third-order valence-corrected chi connectivity index (χ3v) is 5.56. The molecule has 0 spiro atoms. The Morgan fingerprint density at radius 3 is 3.00 bits per heavy atom. The highest BCUT2D eigenvalue weighted by atomic mass is 15.3. The van der Waals surface area contributed by atoms with Gasteiger partial charge in [0.2, 0.25) is 0 Å². The average Bonchev–Trinajstić information content (AvgIpc) is 3.21. The minimum Gasteiger partial charge on any atom is -0.367 e. The van der Waals surface area contributed by atoms with Gasteiger partial charge in [0.1, 0.15) is 0 Å². The fourth-order valence-corrected chi connectivity index (χ4v) is 4.40. The Bertz CT molecular complexity index is 521. The second-order valence-corrected chi connectivity index (χ2v) is 7.11. The molecule has 1 aliphatic heterocycles. The van der Waals surface area contributed by atoms with Crippen LogP contribution in [0.5, 0.6) is 0 Å². The van der Waals surface area contributed by atoms with Crippen LogP contribution in [0.15, 0.2) is 24.5 Å². The summed E-state index contributed by atoms with van der Waals surface area (Å²) in [5, 5.41) is 8.15. The molecular formula is C17H26N4. The van der Waals surface area contributed by atoms with E-state index in [1.807, 2.05) is 17.9 Å². The van der Waals surface area contributed by atoms with Gasteiger partial charge in [0.05, 0.1) is 11.9 Å². The minimum absolute atomic E-state index is 0.641. The molecule has 3 aliphatic rings. The Morgan fingerprint density at radius 2 is 2.29 bits per heavy atom. The molecule has 4 heteroatoms. The lowest BCUT2D eigenvalue weighted by Gasteiger charge is -2.35. The van der Waals surface area contributed by atoms with Crippen LogP contribution in [-0.4, -0.2) is 35.5 Å². The number of fused-ring (bicyclic) bond motifs is 2. The number of hydrogen-bond acceptors (Lipinski definition) is 3. The van der Waals surface area contributed by atoms with E-state index in [4.69, 9.17) is 0 Å². The van der Waals surface area contributed by atoms with Gasteiger partial charge in [0.25, 0.3) is 0 Å². The van der Waals surface area contributed by atoms with Gasteiger partial charge in [0, 0.05) is 32.4 Å². The van der Waals surface area contributed by atoms with Crippen molar-refractivity contribution >= 4 is 5.69 Å². The predicted octanol–water partition coefficient (Wildman–Crippen LogP) is 2.19. The second-order valence-electron chi connectivity index (χ2n) is 7.11. The van der Waals surface area contributed by atoms with Gasteiger partial charge < -0.3 is 10.2 Å². The monoisotopic (exact) mass is 286 g/mol. The number of aryl methyl sites for hydroxylation is 1. The molecule has 4 rings (SSSR count). The van der Waals surface area contributed by atoms with Crippen LogP contribution in [-0.2, 0) is 7.05 Å². The van der Waals surface area contributed by atoms with Gasteiger partial charge in [-0.05, 0) is 50.0 Å². The van der Waals surface area contributed by atoms with Gasteiger partial charge in [-0.15, -0.1) is 0 Å². The van der Waals surface area contributed by atoms with Crippen LogP contribution in [0.25, 0.3) is 0 Å². The maximum absolute atomic E-state index is 4.30. The Balaban J connectivity index is 1.30. The number of hydrogen-bond donors (Lipinski definition) is 1. The molecule has 21 heavy (non-hydrogen) atoms. The quantitative estimate of drug-likeness (QED) is 0.861. The van der Waals surface area contributed by atoms with Crippen LogP contribution >= 0.6 is 0 Å². The molecule has 2 aliphatic carbocycles. The molecule has 1 N–H and O–H groups in total. The zero-order valence-corrected chi connectivity index (χ0v) is 12.9. The third-order valence-electron chi connectivity index (χ3n) is 5.56. The van der Waals surface area contributed by atoms with Gasteiger partial charge in [0.15, 0.2) is 0 Å². The average molecular weight is 286 g/mol. The Morgan fingerprint density at radius 1 is 1.33 bits per heavy atom. The molecule has 0 amide bonds. The minimum atomic E-state index is 0.641. The number of piperidine rings is 1. The van der Waals surface area contributed by atoms with E-state index < -0.39 is 0 Å². The Labute approximate surface area is 127 Å². The number of nitrogens with one attached hydrogen (secondary N) is 1. The van der Waals surface area contributed by atoms with Crippen LogP contribution in [0.1, 0.15) is 25.7 Å². The van der Waals surface area contributed by atoms with E-state index in [0.29, 0.717) is 6.04 Å². The SMILES string of the molecule is Cn1cc(N2CCC[C@@H](NC[C@@H]3C[C@H]4C=C[C@H]3C4)C2)cn1. The highest BCUT2D eigenvalue weighted by Crippen LogP contribution is 2.43. The topological polar surface area (TPSA) is 33.1 Å². The lowest BCUT2D eigenvalue weighted by atomic mass is 9.93. The smallest absolute Gasteiger partial charge is 0.0752 e. The summed E-state index contributed by atoms with van der Waals surface area (Å²) in [5.41, 5.74) is 1.27. The lowest BCUT2D eigenvalue weighted by molar-refractivity contribution is 0.354. The first-order chi connectivity index (χ1) is 10.3. The normalized spacial score (nSPS) is 34.8. The zero-order valence-electron chi connectivity index (χ0n) is 12.9. The molecule has 0 unspecified atom stereocenters. The fourth-order valence-electron chi connectivity index (χ4n) is 4.40. The fraction of sp³-hybridized carbons (Fsp3) is 0.706. The largest absolute Gasteiger partial charge is 0.367 e. The molecular weight excluding hydrogens is 260 g/mol. The van der Waals surface area contributed by atoms with Crippen LogP contribution in [0.4, 0.5) is 5.69 Å². The number of aromatic nitrogens is 2. The number of nitrogens with zero attached hydrogens (tertiary/aromatic N) is 3. The summed E-state index contributed by atoms with van der Waals surface area (Å²) in [7, 11) is 1.99. The highest BCUT2D eigenvalue weighted by molar-refractivity contribution is 5.42. The Hall–Kier alpha value is -1.29. The molecule has 2 fully saturated rings. The molecule has 114 valence electrons. The van der Waals surface area contributed by atoms with Crippen LogP contribution in [0.2, 0.25) is 0 Å². The molecule has 2 heterocycles. The second kappa shape index (κ2) is 5.48. The summed E-state index contributed by atoms with van der Waals surface area (Å²) in [6, 6.07) is 0.641. The molecule has 1 aromatic heterocycles. The molecule has 1 saturated heterocycles. The predicted molar refractivity (Wildman–Crippen MR) is 85.3 cm³/mol. The first kappa shape index (κ1) is 13.4. The van der Waals surface area contributed by atoms with E-state index in [-0.39, 0.29) is 0 Å². The van der Waals surface area contributed by atoms with Gasteiger partial charge in [-0.1, -0.05) is 12.2 Å². The first-order valence-electron chi connectivity index (χ1n) is 8.43. The maximum Gasteiger partial charge on any atom is 0.0752 e. The van der Waals surface area contributed by atoms with E-state index in [9.17, 15) is 0 Å². The standard InChI is InChI=1S/C17H26N4/c1-20-12-17(10-19-20)21-6-2-3-16(11-21)18-9-15-8-13-4-5-14(15)7-13/h4-5,10,12-16,18H,2-3,6-9,11H2,1H3/t13-,14-,15-,16+/m0/s1. The van der Waals surface area contributed by atoms with Crippen molar-refractivity contribution < 1.29 is 0 Å². The van der Waals surface area contributed by atoms with Crippen LogP contribution in [0, 0.1) is 17.8 Å². The van der Waals surface area contributed by atoms with E-state index in [1.165, 1.54) is 44.5 Å². The molecule has 1 saturated carbocycles. The van der Waals surface area contributed by atoms with E-state index in [2.05, 4.69) is 33.7 Å². The van der Waals surface area contributed by atoms with E-state index >= 15 is 0 Å². The molecule has 2 bridgehead atoms. The van der Waals surface area contributed by atoms with Gasteiger partial charge in [-0.25, -0.2) is 0 Å². The van der Waals surface area contributed by atoms with Gasteiger partial charge in [-0.3, -0.25) is 4.68 Å². The van der Waals surface area contributed by atoms with Crippen molar-refractivity contribution in [3.8, 4) is 0 Å². The summed E-state index contributed by atoms with van der Waals surface area (Å²) in [6.45, 7) is 3.50. The number of rotatable bonds is 4. The molecule has 0 aromatic carbocycles. The van der Waals surface area contributed by atoms with Gasteiger partial charge >= 0.3 is 0 Å². The summed E-state index contributed by atoms with van der Waals surface area (Å²) < 4.78 is 1.90. The van der Waals surface area contributed by atoms with Crippen molar-refractivity contribution in [1.82, 2.24) is 15.1 Å². The highest BCUT2D eigenvalue weighted by Gasteiger charge is 2.35. The van der Waals surface area contributed by atoms with Crippen molar-refractivity contribution in [2.45, 2.75) is 31.7 Å². The van der Waals surface area contributed by atoms with Crippen LogP contribution in [0.3, 0.4) is 0 Å². The molecule has 4 nitrogen and oxygen atoms in total. The summed E-state index contributed by atoms with van der Waals surface area (Å²) in [4.78, 5) is 2.48. The summed E-state index contributed by atoms with van der Waals surface area (Å²) >= 11 is 0. The van der Waals surface area contributed by atoms with Crippen molar-refractivity contribution in [2.24, 2.45) is 24.8 Å². The van der Waals surface area contributed by atoms with Crippen molar-refractivity contribution in [3.63, 3.8) is 0 Å². The summed E-state index contributed by atoms with van der Waals surface area (Å²) in [6.07, 6.45) is 14.4.